The molecule has 21 heavy (non-hydrogen) atoms. The summed E-state index contributed by atoms with van der Waals surface area (Å²) in [6.45, 7) is 3.58. The molecule has 2 heterocycles. The number of hydrogen-bond donors (Lipinski definition) is 1. The molecule has 5 heteroatoms. The second-order valence-electron chi connectivity index (χ2n) is 5.89. The maximum absolute atomic E-state index is 13.4. The lowest BCUT2D eigenvalue weighted by atomic mass is 9.92. The van der Waals surface area contributed by atoms with E-state index in [0.717, 1.165) is 39.0 Å². The number of halogens is 1. The Balaban J connectivity index is 1.77. The summed E-state index contributed by atoms with van der Waals surface area (Å²) < 4.78 is 18.6. The summed E-state index contributed by atoms with van der Waals surface area (Å²) in [5.41, 5.74) is 0.322. The standard InChI is InChI=1S/C16H21FN2O2/c1-21-15-3-2-13(17)8-14(15)16(20)19-6-4-11-9-18-10-12(11)5-7-19/h2-3,8,11-12,18H,4-7,9-10H2,1H3/t11-,12+. The zero-order chi connectivity index (χ0) is 14.8. The van der Waals surface area contributed by atoms with E-state index in [1.54, 1.807) is 0 Å². The third-order valence-corrected chi connectivity index (χ3v) is 4.70. The fraction of sp³-hybridized carbons (Fsp3) is 0.562. The number of hydrogen-bond acceptors (Lipinski definition) is 3. The molecular formula is C16H21FN2O2. The van der Waals surface area contributed by atoms with Gasteiger partial charge in [-0.2, -0.15) is 0 Å². The van der Waals surface area contributed by atoms with E-state index in [0.29, 0.717) is 23.1 Å². The molecule has 0 radical (unpaired) electrons. The minimum Gasteiger partial charge on any atom is -0.496 e. The van der Waals surface area contributed by atoms with Crippen molar-refractivity contribution in [2.24, 2.45) is 11.8 Å². The molecule has 0 aliphatic carbocycles. The summed E-state index contributed by atoms with van der Waals surface area (Å²) >= 11 is 0. The van der Waals surface area contributed by atoms with Crippen molar-refractivity contribution in [3.05, 3.63) is 29.6 Å². The van der Waals surface area contributed by atoms with E-state index in [1.807, 2.05) is 4.90 Å². The molecular weight excluding hydrogens is 271 g/mol. The topological polar surface area (TPSA) is 41.6 Å². The number of benzene rings is 1. The van der Waals surface area contributed by atoms with Crippen LogP contribution in [-0.4, -0.2) is 44.1 Å². The number of carbonyl (C=O) groups excluding carboxylic acids is 1. The molecule has 2 aliphatic rings. The van der Waals surface area contributed by atoms with Gasteiger partial charge >= 0.3 is 0 Å². The molecule has 0 aromatic heterocycles. The van der Waals surface area contributed by atoms with Crippen molar-refractivity contribution in [2.45, 2.75) is 12.8 Å². The van der Waals surface area contributed by atoms with Gasteiger partial charge in [-0.15, -0.1) is 0 Å². The van der Waals surface area contributed by atoms with Crippen LogP contribution in [0.1, 0.15) is 23.2 Å². The SMILES string of the molecule is COc1ccc(F)cc1C(=O)N1CC[C@@H]2CNC[C@@H]2CC1. The van der Waals surface area contributed by atoms with Crippen LogP contribution in [0.15, 0.2) is 18.2 Å². The molecule has 2 saturated heterocycles. The minimum absolute atomic E-state index is 0.126. The molecule has 2 atom stereocenters. The summed E-state index contributed by atoms with van der Waals surface area (Å²) in [6, 6.07) is 4.10. The zero-order valence-corrected chi connectivity index (χ0v) is 12.3. The summed E-state index contributed by atoms with van der Waals surface area (Å²) in [4.78, 5) is 14.5. The second-order valence-corrected chi connectivity index (χ2v) is 5.89. The maximum atomic E-state index is 13.4. The highest BCUT2D eigenvalue weighted by Crippen LogP contribution is 2.29. The third kappa shape index (κ3) is 2.88. The molecule has 4 nitrogen and oxygen atoms in total. The number of rotatable bonds is 2. The highest BCUT2D eigenvalue weighted by molar-refractivity contribution is 5.97. The minimum atomic E-state index is -0.407. The van der Waals surface area contributed by atoms with Gasteiger partial charge in [0.1, 0.15) is 11.6 Å². The van der Waals surface area contributed by atoms with Crippen LogP contribution in [0.5, 0.6) is 5.75 Å². The van der Waals surface area contributed by atoms with Crippen LogP contribution in [0.4, 0.5) is 4.39 Å². The smallest absolute Gasteiger partial charge is 0.257 e. The first-order chi connectivity index (χ1) is 10.2. The van der Waals surface area contributed by atoms with Crippen molar-refractivity contribution < 1.29 is 13.9 Å². The average molecular weight is 292 g/mol. The monoisotopic (exact) mass is 292 g/mol. The molecule has 1 N–H and O–H groups in total. The molecule has 3 rings (SSSR count). The van der Waals surface area contributed by atoms with Gasteiger partial charge in [-0.3, -0.25) is 4.79 Å². The lowest BCUT2D eigenvalue weighted by Gasteiger charge is -2.22. The van der Waals surface area contributed by atoms with E-state index in [4.69, 9.17) is 4.74 Å². The lowest BCUT2D eigenvalue weighted by molar-refractivity contribution is 0.0754. The van der Waals surface area contributed by atoms with Crippen molar-refractivity contribution in [3.8, 4) is 5.75 Å². The van der Waals surface area contributed by atoms with Crippen LogP contribution >= 0.6 is 0 Å². The molecule has 0 spiro atoms. The quantitative estimate of drug-likeness (QED) is 0.905. The number of carbonyl (C=O) groups is 1. The molecule has 0 saturated carbocycles. The van der Waals surface area contributed by atoms with Gasteiger partial charge in [0.25, 0.3) is 5.91 Å². The van der Waals surface area contributed by atoms with Crippen molar-refractivity contribution in [2.75, 3.05) is 33.3 Å². The van der Waals surface area contributed by atoms with Gasteiger partial charge in [0.15, 0.2) is 0 Å². The predicted octanol–water partition coefficient (Wildman–Crippen LogP) is 1.91. The van der Waals surface area contributed by atoms with Crippen LogP contribution in [-0.2, 0) is 0 Å². The summed E-state index contributed by atoms with van der Waals surface area (Å²) in [5, 5.41) is 3.42. The normalized spacial score (nSPS) is 25.3. The molecule has 2 aliphatic heterocycles. The highest BCUT2D eigenvalue weighted by Gasteiger charge is 2.32. The molecule has 0 unspecified atom stereocenters. The van der Waals surface area contributed by atoms with Gasteiger partial charge in [0.05, 0.1) is 12.7 Å². The summed E-state index contributed by atoms with van der Waals surface area (Å²) in [7, 11) is 1.50. The summed E-state index contributed by atoms with van der Waals surface area (Å²) in [5.74, 6) is 1.23. The molecule has 0 bridgehead atoms. The van der Waals surface area contributed by atoms with Gasteiger partial charge < -0.3 is 15.0 Å². The highest BCUT2D eigenvalue weighted by atomic mass is 19.1. The average Bonchev–Trinajstić information content (AvgIpc) is 2.85. The van der Waals surface area contributed by atoms with Crippen LogP contribution < -0.4 is 10.1 Å². The number of methoxy groups -OCH3 is 1. The van der Waals surface area contributed by atoms with E-state index >= 15 is 0 Å². The Hall–Kier alpha value is -1.62. The molecule has 1 aromatic rings. The third-order valence-electron chi connectivity index (χ3n) is 4.70. The van der Waals surface area contributed by atoms with Gasteiger partial charge in [0.2, 0.25) is 0 Å². The largest absolute Gasteiger partial charge is 0.496 e. The van der Waals surface area contributed by atoms with Crippen molar-refractivity contribution in [1.29, 1.82) is 0 Å². The van der Waals surface area contributed by atoms with Crippen LogP contribution in [0.2, 0.25) is 0 Å². The van der Waals surface area contributed by atoms with Crippen molar-refractivity contribution in [1.82, 2.24) is 10.2 Å². The predicted molar refractivity (Wildman–Crippen MR) is 77.9 cm³/mol. The van der Waals surface area contributed by atoms with Gasteiger partial charge in [0, 0.05) is 13.1 Å². The molecule has 114 valence electrons. The van der Waals surface area contributed by atoms with E-state index in [2.05, 4.69) is 5.32 Å². The molecule has 1 aromatic carbocycles. The van der Waals surface area contributed by atoms with E-state index in [1.165, 1.54) is 25.3 Å². The number of ether oxygens (including phenoxy) is 1. The Morgan fingerprint density at radius 1 is 1.29 bits per heavy atom. The van der Waals surface area contributed by atoms with E-state index < -0.39 is 5.82 Å². The lowest BCUT2D eigenvalue weighted by Crippen LogP contribution is -2.33. The fourth-order valence-corrected chi connectivity index (χ4v) is 3.44. The van der Waals surface area contributed by atoms with Gasteiger partial charge in [-0.05, 0) is 56.0 Å². The van der Waals surface area contributed by atoms with Gasteiger partial charge in [-0.25, -0.2) is 4.39 Å². The van der Waals surface area contributed by atoms with E-state index in [-0.39, 0.29) is 5.91 Å². The second kappa shape index (κ2) is 6.02. The maximum Gasteiger partial charge on any atom is 0.257 e. The first kappa shape index (κ1) is 14.3. The summed E-state index contributed by atoms with van der Waals surface area (Å²) in [6.07, 6.45) is 2.03. The zero-order valence-electron chi connectivity index (χ0n) is 12.3. The van der Waals surface area contributed by atoms with Crippen LogP contribution in [0.25, 0.3) is 0 Å². The van der Waals surface area contributed by atoms with E-state index in [9.17, 15) is 9.18 Å². The Morgan fingerprint density at radius 2 is 1.95 bits per heavy atom. The Morgan fingerprint density at radius 3 is 2.57 bits per heavy atom. The Labute approximate surface area is 124 Å². The Kier molecular flexibility index (Phi) is 4.10. The van der Waals surface area contributed by atoms with Crippen molar-refractivity contribution >= 4 is 5.91 Å². The molecule has 1 amide bonds. The molecule has 2 fully saturated rings. The van der Waals surface area contributed by atoms with Crippen LogP contribution in [0.3, 0.4) is 0 Å². The number of nitrogens with zero attached hydrogens (tertiary/aromatic N) is 1. The van der Waals surface area contributed by atoms with Crippen LogP contribution in [0, 0.1) is 17.7 Å². The Bertz CT molecular complexity index is 521. The number of likely N-dealkylation sites (tertiary alicyclic amines) is 1. The fourth-order valence-electron chi connectivity index (χ4n) is 3.44. The number of nitrogens with one attached hydrogen (secondary N) is 1. The number of fused-ring (bicyclic) bond motifs is 1. The number of amides is 1. The van der Waals surface area contributed by atoms with Crippen molar-refractivity contribution in [3.63, 3.8) is 0 Å². The van der Waals surface area contributed by atoms with Gasteiger partial charge in [-0.1, -0.05) is 0 Å². The first-order valence-electron chi connectivity index (χ1n) is 7.52. The first-order valence-corrected chi connectivity index (χ1v) is 7.52.